The minimum Gasteiger partial charge on any atom is -0.508 e. The summed E-state index contributed by atoms with van der Waals surface area (Å²) in [5, 5.41) is 11.8. The van der Waals surface area contributed by atoms with Crippen molar-refractivity contribution in [2.24, 2.45) is 0 Å². The number of benzene rings is 1. The Labute approximate surface area is 142 Å². The number of H-pyrrole nitrogens is 1. The number of nitrogens with zero attached hydrogens (tertiary/aromatic N) is 3. The number of phenols is 1. The van der Waals surface area contributed by atoms with E-state index in [1.807, 2.05) is 0 Å². The molecule has 128 valence electrons. The molecule has 0 bridgehead atoms. The van der Waals surface area contributed by atoms with Gasteiger partial charge in [0.05, 0.1) is 17.8 Å². The van der Waals surface area contributed by atoms with Crippen molar-refractivity contribution in [2.75, 3.05) is 13.6 Å². The Bertz CT molecular complexity index is 1020. The monoisotopic (exact) mass is 340 g/mol. The van der Waals surface area contributed by atoms with E-state index in [1.165, 1.54) is 53.0 Å². The van der Waals surface area contributed by atoms with Crippen LogP contribution >= 0.6 is 0 Å². The highest BCUT2D eigenvalue weighted by molar-refractivity contribution is 6.02. The van der Waals surface area contributed by atoms with Crippen LogP contribution < -0.4 is 5.56 Å². The molecule has 1 aromatic carbocycles. The smallest absolute Gasteiger partial charge is 0.266 e. The third-order valence-electron chi connectivity index (χ3n) is 3.91. The second-order valence-electron chi connectivity index (χ2n) is 5.70. The van der Waals surface area contributed by atoms with E-state index in [0.717, 1.165) is 0 Å². The number of aromatic hydroxyl groups is 1. The normalized spacial score (nSPS) is 10.8. The van der Waals surface area contributed by atoms with Gasteiger partial charge < -0.3 is 10.0 Å². The van der Waals surface area contributed by atoms with Crippen LogP contribution in [0.4, 0.5) is 0 Å². The molecule has 2 N–H and O–H groups in total. The number of likely N-dealkylation sites (N-methyl/N-ethyl adjacent to an activating group) is 1. The number of hydrogen-bond donors (Lipinski definition) is 2. The number of carbonyl (C=O) groups is 2. The first-order chi connectivity index (χ1) is 11.9. The third kappa shape index (κ3) is 3.14. The second-order valence-corrected chi connectivity index (χ2v) is 5.70. The highest BCUT2D eigenvalue weighted by Crippen LogP contribution is 2.13. The van der Waals surface area contributed by atoms with Crippen molar-refractivity contribution in [1.29, 1.82) is 0 Å². The van der Waals surface area contributed by atoms with E-state index in [9.17, 15) is 19.5 Å². The van der Waals surface area contributed by atoms with Gasteiger partial charge in [0.2, 0.25) is 0 Å². The fraction of sp³-hybridized carbons (Fsp3) is 0.176. The Morgan fingerprint density at radius 2 is 1.96 bits per heavy atom. The SMILES string of the molecule is Cc1c(C(=O)N(C)CC(=O)c2ccc(O)cc2)cnc2cc(=O)[nH]n12. The third-order valence-corrected chi connectivity index (χ3v) is 3.91. The number of aromatic nitrogens is 3. The molecule has 0 fully saturated rings. The first-order valence-corrected chi connectivity index (χ1v) is 7.52. The van der Waals surface area contributed by atoms with E-state index in [1.54, 1.807) is 6.92 Å². The van der Waals surface area contributed by atoms with Crippen molar-refractivity contribution >= 4 is 17.3 Å². The van der Waals surface area contributed by atoms with Crippen molar-refractivity contribution < 1.29 is 14.7 Å². The molecular formula is C17H16N4O4. The van der Waals surface area contributed by atoms with Crippen LogP contribution in [-0.4, -0.2) is 49.9 Å². The summed E-state index contributed by atoms with van der Waals surface area (Å²) in [4.78, 5) is 41.7. The number of amides is 1. The van der Waals surface area contributed by atoms with Crippen molar-refractivity contribution in [2.45, 2.75) is 6.92 Å². The van der Waals surface area contributed by atoms with Crippen LogP contribution in [0.5, 0.6) is 5.75 Å². The number of fused-ring (bicyclic) bond motifs is 1. The van der Waals surface area contributed by atoms with Crippen LogP contribution in [-0.2, 0) is 0 Å². The molecule has 25 heavy (non-hydrogen) atoms. The quantitative estimate of drug-likeness (QED) is 0.689. The summed E-state index contributed by atoms with van der Waals surface area (Å²) in [5.74, 6) is -0.567. The molecule has 8 nitrogen and oxygen atoms in total. The molecule has 0 atom stereocenters. The topological polar surface area (TPSA) is 108 Å². The summed E-state index contributed by atoms with van der Waals surface area (Å²) in [5.41, 5.74) is 1.33. The van der Waals surface area contributed by atoms with Gasteiger partial charge >= 0.3 is 0 Å². The van der Waals surface area contributed by atoms with Crippen LogP contribution in [0.15, 0.2) is 41.3 Å². The Balaban J connectivity index is 1.82. The maximum atomic E-state index is 12.6. The zero-order valence-electron chi connectivity index (χ0n) is 13.7. The van der Waals surface area contributed by atoms with Crippen molar-refractivity contribution in [3.63, 3.8) is 0 Å². The summed E-state index contributed by atoms with van der Waals surface area (Å²) in [6, 6.07) is 7.16. The van der Waals surface area contributed by atoms with Crippen molar-refractivity contribution in [3.05, 3.63) is 63.7 Å². The Hall–Kier alpha value is -3.42. The van der Waals surface area contributed by atoms with E-state index in [4.69, 9.17) is 0 Å². The van der Waals surface area contributed by atoms with Crippen LogP contribution in [0.3, 0.4) is 0 Å². The first kappa shape index (κ1) is 16.4. The summed E-state index contributed by atoms with van der Waals surface area (Å²) in [7, 11) is 1.52. The lowest BCUT2D eigenvalue weighted by Gasteiger charge is -2.17. The number of carbonyl (C=O) groups excluding carboxylic acids is 2. The van der Waals surface area contributed by atoms with Crippen LogP contribution in [0.2, 0.25) is 0 Å². The number of hydrogen-bond acceptors (Lipinski definition) is 5. The average molecular weight is 340 g/mol. The van der Waals surface area contributed by atoms with Crippen LogP contribution in [0.25, 0.3) is 5.65 Å². The second kappa shape index (κ2) is 6.23. The minimum absolute atomic E-state index is 0.0664. The Morgan fingerprint density at radius 1 is 1.28 bits per heavy atom. The number of aromatic amines is 1. The molecule has 0 aliphatic carbocycles. The van der Waals surface area contributed by atoms with Crippen LogP contribution in [0, 0.1) is 6.92 Å². The molecule has 3 rings (SSSR count). The van der Waals surface area contributed by atoms with Gasteiger partial charge in [0, 0.05) is 24.9 Å². The maximum Gasteiger partial charge on any atom is 0.266 e. The summed E-state index contributed by atoms with van der Waals surface area (Å²) < 4.78 is 1.44. The average Bonchev–Trinajstić information content (AvgIpc) is 2.96. The number of ketones is 1. The Kier molecular flexibility index (Phi) is 4.10. The molecule has 0 spiro atoms. The maximum absolute atomic E-state index is 12.6. The predicted octanol–water partition coefficient (Wildman–Crippen LogP) is 0.992. The fourth-order valence-corrected chi connectivity index (χ4v) is 2.52. The molecule has 0 radical (unpaired) electrons. The van der Waals surface area contributed by atoms with Gasteiger partial charge in [-0.1, -0.05) is 0 Å². The molecule has 2 aromatic heterocycles. The summed E-state index contributed by atoms with van der Waals surface area (Å²) in [6.07, 6.45) is 1.39. The fourth-order valence-electron chi connectivity index (χ4n) is 2.52. The van der Waals surface area contributed by atoms with Gasteiger partial charge in [-0.05, 0) is 31.2 Å². The van der Waals surface area contributed by atoms with E-state index >= 15 is 0 Å². The molecule has 2 heterocycles. The summed E-state index contributed by atoms with van der Waals surface area (Å²) in [6.45, 7) is 1.57. The van der Waals surface area contributed by atoms with E-state index in [-0.39, 0.29) is 29.5 Å². The van der Waals surface area contributed by atoms with Crippen molar-refractivity contribution in [1.82, 2.24) is 19.5 Å². The standard InChI is InChI=1S/C17H16N4O4/c1-10-13(8-18-15-7-16(24)19-21(10)15)17(25)20(2)9-14(23)11-3-5-12(22)6-4-11/h3-8,22H,9H2,1-2H3,(H,19,24). The van der Waals surface area contributed by atoms with Gasteiger partial charge in [-0.3, -0.25) is 19.5 Å². The first-order valence-electron chi connectivity index (χ1n) is 7.52. The molecule has 0 saturated heterocycles. The van der Waals surface area contributed by atoms with E-state index in [0.29, 0.717) is 22.5 Å². The lowest BCUT2D eigenvalue weighted by atomic mass is 10.1. The number of Topliss-reactive ketones (excluding diaryl/α,β-unsaturated/α-hetero) is 1. The Morgan fingerprint density at radius 3 is 2.64 bits per heavy atom. The molecular weight excluding hydrogens is 324 g/mol. The van der Waals surface area contributed by atoms with Crippen LogP contribution in [0.1, 0.15) is 26.4 Å². The number of nitrogens with one attached hydrogen (secondary N) is 1. The number of phenolic OH excluding ortho intramolecular Hbond substituents is 1. The molecule has 0 saturated carbocycles. The lowest BCUT2D eigenvalue weighted by Crippen LogP contribution is -2.33. The van der Waals surface area contributed by atoms with Gasteiger partial charge in [-0.2, -0.15) is 0 Å². The predicted molar refractivity (Wildman–Crippen MR) is 89.9 cm³/mol. The molecule has 8 heteroatoms. The molecule has 0 aliphatic rings. The van der Waals surface area contributed by atoms with Gasteiger partial charge in [-0.25, -0.2) is 9.50 Å². The highest BCUT2D eigenvalue weighted by atomic mass is 16.3. The van der Waals surface area contributed by atoms with Gasteiger partial charge in [0.25, 0.3) is 11.5 Å². The molecule has 0 aliphatic heterocycles. The van der Waals surface area contributed by atoms with E-state index in [2.05, 4.69) is 10.1 Å². The van der Waals surface area contributed by atoms with Gasteiger partial charge in [-0.15, -0.1) is 0 Å². The molecule has 0 unspecified atom stereocenters. The molecule has 1 amide bonds. The summed E-state index contributed by atoms with van der Waals surface area (Å²) >= 11 is 0. The lowest BCUT2D eigenvalue weighted by molar-refractivity contribution is 0.0746. The largest absolute Gasteiger partial charge is 0.508 e. The number of rotatable bonds is 4. The number of aryl methyl sites for hydroxylation is 1. The molecule has 3 aromatic rings. The van der Waals surface area contributed by atoms with Crippen molar-refractivity contribution in [3.8, 4) is 5.75 Å². The zero-order chi connectivity index (χ0) is 18.1. The van der Waals surface area contributed by atoms with Gasteiger partial charge in [0.1, 0.15) is 5.75 Å². The minimum atomic E-state index is -0.381. The van der Waals surface area contributed by atoms with E-state index < -0.39 is 0 Å². The van der Waals surface area contributed by atoms with Gasteiger partial charge in [0.15, 0.2) is 11.4 Å². The highest BCUT2D eigenvalue weighted by Gasteiger charge is 2.20. The zero-order valence-corrected chi connectivity index (χ0v) is 13.7.